The molecule has 0 aliphatic carbocycles. The number of halogens is 2. The Hall–Kier alpha value is -2.35. The van der Waals surface area contributed by atoms with Gasteiger partial charge in [-0.05, 0) is 54.8 Å². The van der Waals surface area contributed by atoms with Gasteiger partial charge in [-0.2, -0.15) is 0 Å². The molecule has 1 fully saturated rings. The number of nitrogens with one attached hydrogen (secondary N) is 1. The summed E-state index contributed by atoms with van der Waals surface area (Å²) in [6, 6.07) is 12.1. The topological polar surface area (TPSA) is 56.0 Å². The molecule has 0 amide bonds. The van der Waals surface area contributed by atoms with Crippen molar-refractivity contribution in [2.45, 2.75) is 36.2 Å². The van der Waals surface area contributed by atoms with Gasteiger partial charge in [-0.3, -0.25) is 0 Å². The number of rotatable bonds is 2. The molecule has 2 aromatic heterocycles. The molecule has 6 rings (SSSR count). The average molecular weight is 446 g/mol. The van der Waals surface area contributed by atoms with Crippen LogP contribution in [0.25, 0.3) is 21.8 Å². The van der Waals surface area contributed by atoms with Crippen LogP contribution in [-0.2, 0) is 23.5 Å². The minimum Gasteiger partial charge on any atom is -0.347 e. The van der Waals surface area contributed by atoms with E-state index in [9.17, 15) is 12.8 Å². The van der Waals surface area contributed by atoms with E-state index in [4.69, 9.17) is 0 Å². The highest BCUT2D eigenvalue weighted by molar-refractivity contribution is 7.90. The first-order valence-electron chi connectivity index (χ1n) is 9.83. The normalized spacial score (nSPS) is 20.5. The second kappa shape index (κ2) is 6.57. The van der Waals surface area contributed by atoms with Gasteiger partial charge >= 0.3 is 0 Å². The molecule has 0 saturated carbocycles. The summed E-state index contributed by atoms with van der Waals surface area (Å²) >= 11 is 0. The van der Waals surface area contributed by atoms with Crippen LogP contribution in [0, 0.1) is 5.82 Å². The Bertz CT molecular complexity index is 1420. The quantitative estimate of drug-likeness (QED) is 0.501. The molecular formula is C22H21ClFN3O2S. The van der Waals surface area contributed by atoms with Crippen molar-refractivity contribution < 1.29 is 12.8 Å². The van der Waals surface area contributed by atoms with Crippen molar-refractivity contribution in [3.05, 3.63) is 65.7 Å². The fourth-order valence-electron chi connectivity index (χ4n) is 5.17. The fraction of sp³-hybridized carbons (Fsp3) is 0.273. The van der Waals surface area contributed by atoms with Crippen LogP contribution in [-0.4, -0.2) is 23.0 Å². The Balaban J connectivity index is 0.00000193. The van der Waals surface area contributed by atoms with E-state index in [0.717, 1.165) is 30.2 Å². The van der Waals surface area contributed by atoms with Crippen LogP contribution in [0.5, 0.6) is 0 Å². The lowest BCUT2D eigenvalue weighted by molar-refractivity contribution is 0.503. The summed E-state index contributed by atoms with van der Waals surface area (Å²) in [7, 11) is -1.78. The van der Waals surface area contributed by atoms with E-state index in [2.05, 4.69) is 16.9 Å². The van der Waals surface area contributed by atoms with E-state index in [0.29, 0.717) is 16.9 Å². The Morgan fingerprint density at radius 2 is 1.90 bits per heavy atom. The monoisotopic (exact) mass is 445 g/mol. The molecule has 1 N–H and O–H groups in total. The van der Waals surface area contributed by atoms with Crippen molar-refractivity contribution in [2.75, 3.05) is 0 Å². The lowest BCUT2D eigenvalue weighted by Crippen LogP contribution is -2.32. The molecule has 0 radical (unpaired) electrons. The fourth-order valence-corrected chi connectivity index (χ4v) is 6.54. The predicted molar refractivity (Wildman–Crippen MR) is 117 cm³/mol. The third kappa shape index (κ3) is 2.52. The standard InChI is InChI=1S/C22H20FN3O2S.ClH/c1-25-19-8-6-14(12-16(19)22-18-7-5-13(24-18)11-21(22)25)29(27,28)26-10-9-15-17(23)3-2-4-20(15)26;/h2-4,6,8-10,12-13,18,24H,5,7,11H2,1H3;1H. The summed E-state index contributed by atoms with van der Waals surface area (Å²) in [4.78, 5) is 0.222. The number of hydrogen-bond donors (Lipinski definition) is 1. The molecule has 156 valence electrons. The van der Waals surface area contributed by atoms with Crippen molar-refractivity contribution in [2.24, 2.45) is 7.05 Å². The predicted octanol–water partition coefficient (Wildman–Crippen LogP) is 4.28. The van der Waals surface area contributed by atoms with Gasteiger partial charge in [0.05, 0.1) is 10.4 Å². The van der Waals surface area contributed by atoms with Gasteiger partial charge in [0.15, 0.2) is 0 Å². The molecule has 2 aromatic carbocycles. The summed E-state index contributed by atoms with van der Waals surface area (Å²) in [6.45, 7) is 0. The minimum absolute atomic E-state index is 0. The zero-order chi connectivity index (χ0) is 19.9. The lowest BCUT2D eigenvalue weighted by atomic mass is 9.99. The van der Waals surface area contributed by atoms with Crippen LogP contribution >= 0.6 is 12.4 Å². The zero-order valence-electron chi connectivity index (χ0n) is 16.3. The number of fused-ring (bicyclic) bond motifs is 7. The van der Waals surface area contributed by atoms with Gasteiger partial charge in [0.2, 0.25) is 0 Å². The van der Waals surface area contributed by atoms with Crippen LogP contribution in [0.15, 0.2) is 53.6 Å². The third-order valence-electron chi connectivity index (χ3n) is 6.56. The summed E-state index contributed by atoms with van der Waals surface area (Å²) in [5, 5.41) is 4.95. The van der Waals surface area contributed by atoms with Crippen molar-refractivity contribution in [1.82, 2.24) is 13.9 Å². The first kappa shape index (κ1) is 19.6. The number of nitrogens with zero attached hydrogens (tertiary/aromatic N) is 2. The van der Waals surface area contributed by atoms with Crippen LogP contribution < -0.4 is 5.32 Å². The second-order valence-corrected chi connectivity index (χ2v) is 9.90. The molecular weight excluding hydrogens is 425 g/mol. The van der Waals surface area contributed by atoms with Gasteiger partial charge < -0.3 is 9.88 Å². The molecule has 1 saturated heterocycles. The molecule has 2 aliphatic heterocycles. The minimum atomic E-state index is -3.84. The van der Waals surface area contributed by atoms with E-state index >= 15 is 0 Å². The molecule has 0 spiro atoms. The van der Waals surface area contributed by atoms with Gasteiger partial charge in [0.25, 0.3) is 10.0 Å². The Kier molecular flexibility index (Phi) is 4.29. The van der Waals surface area contributed by atoms with Gasteiger partial charge in [-0.1, -0.05) is 6.07 Å². The van der Waals surface area contributed by atoms with Crippen LogP contribution in [0.4, 0.5) is 4.39 Å². The maximum Gasteiger partial charge on any atom is 0.268 e. The molecule has 2 unspecified atom stereocenters. The van der Waals surface area contributed by atoms with E-state index in [1.807, 2.05) is 6.07 Å². The van der Waals surface area contributed by atoms with Gasteiger partial charge in [0, 0.05) is 53.7 Å². The number of benzene rings is 2. The van der Waals surface area contributed by atoms with E-state index < -0.39 is 15.8 Å². The Labute approximate surface area is 179 Å². The lowest BCUT2D eigenvalue weighted by Gasteiger charge is -2.23. The molecule has 2 aliphatic rings. The number of hydrogen-bond acceptors (Lipinski definition) is 3. The molecule has 4 heterocycles. The smallest absolute Gasteiger partial charge is 0.268 e. The summed E-state index contributed by atoms with van der Waals surface area (Å²) in [5.74, 6) is -0.425. The summed E-state index contributed by atoms with van der Waals surface area (Å²) < 4.78 is 44.3. The molecule has 30 heavy (non-hydrogen) atoms. The summed E-state index contributed by atoms with van der Waals surface area (Å²) in [6.07, 6.45) is 4.63. The summed E-state index contributed by atoms with van der Waals surface area (Å²) in [5.41, 5.74) is 3.93. The molecule has 4 aromatic rings. The molecule has 2 bridgehead atoms. The highest BCUT2D eigenvalue weighted by Gasteiger charge is 2.36. The first-order valence-corrected chi connectivity index (χ1v) is 11.3. The Morgan fingerprint density at radius 3 is 2.73 bits per heavy atom. The van der Waals surface area contributed by atoms with Crippen molar-refractivity contribution in [3.63, 3.8) is 0 Å². The molecule has 8 heteroatoms. The third-order valence-corrected chi connectivity index (χ3v) is 8.25. The van der Waals surface area contributed by atoms with Gasteiger partial charge in [0.1, 0.15) is 5.82 Å². The maximum absolute atomic E-state index is 14.1. The van der Waals surface area contributed by atoms with E-state index in [1.165, 1.54) is 39.6 Å². The van der Waals surface area contributed by atoms with Gasteiger partial charge in [-0.15, -0.1) is 12.4 Å². The van der Waals surface area contributed by atoms with E-state index in [1.54, 1.807) is 18.2 Å². The number of aromatic nitrogens is 2. The van der Waals surface area contributed by atoms with Gasteiger partial charge in [-0.25, -0.2) is 16.8 Å². The molecule has 2 atom stereocenters. The van der Waals surface area contributed by atoms with Crippen molar-refractivity contribution >= 4 is 44.2 Å². The van der Waals surface area contributed by atoms with Crippen LogP contribution in [0.1, 0.15) is 30.1 Å². The Morgan fingerprint density at radius 1 is 1.07 bits per heavy atom. The molecule has 5 nitrogen and oxygen atoms in total. The SMILES string of the molecule is Cl.Cn1c2c(c3cc(S(=O)(=O)n4ccc5c(F)cccc54)ccc31)C1CCC(C2)N1. The maximum atomic E-state index is 14.1. The second-order valence-electron chi connectivity index (χ2n) is 8.09. The first-order chi connectivity index (χ1) is 13.9. The highest BCUT2D eigenvalue weighted by atomic mass is 35.5. The highest BCUT2D eigenvalue weighted by Crippen LogP contribution is 2.42. The van der Waals surface area contributed by atoms with Crippen molar-refractivity contribution in [1.29, 1.82) is 0 Å². The number of aryl methyl sites for hydroxylation is 1. The largest absolute Gasteiger partial charge is 0.347 e. The zero-order valence-corrected chi connectivity index (χ0v) is 17.9. The van der Waals surface area contributed by atoms with E-state index in [-0.39, 0.29) is 23.3 Å². The van der Waals surface area contributed by atoms with Crippen molar-refractivity contribution in [3.8, 4) is 0 Å². The van der Waals surface area contributed by atoms with Crippen LogP contribution in [0.3, 0.4) is 0 Å². The van der Waals surface area contributed by atoms with Crippen LogP contribution in [0.2, 0.25) is 0 Å². The average Bonchev–Trinajstić information content (AvgIpc) is 3.39.